The Bertz CT molecular complexity index is 1070. The molecule has 0 spiro atoms. The van der Waals surface area contributed by atoms with Gasteiger partial charge in [0.25, 0.3) is 0 Å². The van der Waals surface area contributed by atoms with Crippen LogP contribution < -0.4 is 4.90 Å². The van der Waals surface area contributed by atoms with E-state index in [1.807, 2.05) is 24.3 Å². The first-order valence-electron chi connectivity index (χ1n) is 10.5. The minimum Gasteiger partial charge on any atom is -0.367 e. The van der Waals surface area contributed by atoms with Crippen molar-refractivity contribution in [3.05, 3.63) is 65.6 Å². The molecule has 0 saturated carbocycles. The number of anilines is 1. The van der Waals surface area contributed by atoms with E-state index in [2.05, 4.69) is 33.5 Å². The van der Waals surface area contributed by atoms with Gasteiger partial charge in [0.2, 0.25) is 0 Å². The Balaban J connectivity index is 1.29. The van der Waals surface area contributed by atoms with Crippen LogP contribution in [0.15, 0.2) is 48.5 Å². The minimum atomic E-state index is -0.160. The molecule has 2 heterocycles. The van der Waals surface area contributed by atoms with Gasteiger partial charge in [-0.15, -0.1) is 0 Å². The van der Waals surface area contributed by atoms with Gasteiger partial charge in [0.05, 0.1) is 5.69 Å². The molecule has 0 bridgehead atoms. The zero-order valence-electron chi connectivity index (χ0n) is 16.8. The fraction of sp³-hybridized carbons (Fsp3) is 0.375. The molecular formula is C24H26FN3O. The monoisotopic (exact) mass is 391 g/mol. The Hall–Kier alpha value is -2.66. The van der Waals surface area contributed by atoms with E-state index < -0.39 is 0 Å². The van der Waals surface area contributed by atoms with Crippen molar-refractivity contribution >= 4 is 22.4 Å². The number of fused-ring (bicyclic) bond motifs is 3. The number of benzene rings is 2. The number of aromatic nitrogens is 1. The van der Waals surface area contributed by atoms with E-state index >= 15 is 0 Å². The lowest BCUT2D eigenvalue weighted by Gasteiger charge is -2.38. The van der Waals surface area contributed by atoms with Gasteiger partial charge >= 0.3 is 0 Å². The quantitative estimate of drug-likeness (QED) is 0.678. The Morgan fingerprint density at radius 1 is 1.00 bits per heavy atom. The second-order valence-electron chi connectivity index (χ2n) is 8.24. The van der Waals surface area contributed by atoms with Gasteiger partial charge in [0, 0.05) is 67.8 Å². The van der Waals surface area contributed by atoms with Crippen LogP contribution in [0.5, 0.6) is 0 Å². The molecule has 0 radical (unpaired) electrons. The molecule has 1 fully saturated rings. The van der Waals surface area contributed by atoms with Crippen molar-refractivity contribution in [2.75, 3.05) is 37.6 Å². The second-order valence-corrected chi connectivity index (χ2v) is 8.24. The van der Waals surface area contributed by atoms with Gasteiger partial charge in [-0.3, -0.25) is 9.69 Å². The number of ketones is 1. The van der Waals surface area contributed by atoms with Crippen LogP contribution in [-0.4, -0.2) is 48.0 Å². The van der Waals surface area contributed by atoms with Crippen molar-refractivity contribution in [1.29, 1.82) is 0 Å². The highest BCUT2D eigenvalue weighted by Crippen LogP contribution is 2.34. The summed E-state index contributed by atoms with van der Waals surface area (Å²) in [6, 6.07) is 15.2. The lowest BCUT2D eigenvalue weighted by atomic mass is 9.84. The Morgan fingerprint density at radius 2 is 1.72 bits per heavy atom. The predicted octanol–water partition coefficient (Wildman–Crippen LogP) is 3.88. The molecule has 150 valence electrons. The van der Waals surface area contributed by atoms with Crippen molar-refractivity contribution in [1.82, 2.24) is 9.47 Å². The number of Topliss-reactive ketones (excluding diaryl/α,β-unsaturated/α-hetero) is 1. The first kappa shape index (κ1) is 18.4. The maximum Gasteiger partial charge on any atom is 0.169 e. The zero-order chi connectivity index (χ0) is 20.0. The highest BCUT2D eigenvalue weighted by atomic mass is 19.1. The van der Waals surface area contributed by atoms with Crippen LogP contribution in [-0.2, 0) is 13.5 Å². The van der Waals surface area contributed by atoms with E-state index in [4.69, 9.17) is 0 Å². The smallest absolute Gasteiger partial charge is 0.169 e. The maximum atomic E-state index is 14.1. The summed E-state index contributed by atoms with van der Waals surface area (Å²) in [5.74, 6) is 0.180. The number of hydrogen-bond acceptors (Lipinski definition) is 3. The molecule has 1 aliphatic heterocycles. The largest absolute Gasteiger partial charge is 0.367 e. The molecule has 2 aromatic carbocycles. The molecule has 0 N–H and O–H groups in total. The van der Waals surface area contributed by atoms with Crippen LogP contribution in [0.25, 0.3) is 10.9 Å². The summed E-state index contributed by atoms with van der Waals surface area (Å²) in [5, 5.41) is 1.09. The predicted molar refractivity (Wildman–Crippen MR) is 114 cm³/mol. The van der Waals surface area contributed by atoms with E-state index in [0.717, 1.165) is 62.0 Å². The summed E-state index contributed by atoms with van der Waals surface area (Å²) in [4.78, 5) is 17.8. The molecule has 0 amide bonds. The van der Waals surface area contributed by atoms with Crippen molar-refractivity contribution < 1.29 is 9.18 Å². The fourth-order valence-electron chi connectivity index (χ4n) is 5.03. The molecule has 3 aromatic rings. The minimum absolute atomic E-state index is 0.0494. The third kappa shape index (κ3) is 3.14. The summed E-state index contributed by atoms with van der Waals surface area (Å²) < 4.78 is 16.3. The highest BCUT2D eigenvalue weighted by Gasteiger charge is 2.33. The molecule has 1 saturated heterocycles. The van der Waals surface area contributed by atoms with Crippen LogP contribution in [0.2, 0.25) is 0 Å². The summed E-state index contributed by atoms with van der Waals surface area (Å²) in [6.07, 6.45) is 1.86. The van der Waals surface area contributed by atoms with Crippen LogP contribution in [0.3, 0.4) is 0 Å². The number of rotatable bonds is 3. The van der Waals surface area contributed by atoms with E-state index in [1.54, 1.807) is 6.07 Å². The molecule has 4 nitrogen and oxygen atoms in total. The highest BCUT2D eigenvalue weighted by molar-refractivity contribution is 6.11. The first-order valence-corrected chi connectivity index (χ1v) is 10.5. The van der Waals surface area contributed by atoms with Crippen molar-refractivity contribution in [3.8, 4) is 0 Å². The molecule has 2 aliphatic rings. The van der Waals surface area contributed by atoms with Crippen LogP contribution in [0.4, 0.5) is 10.1 Å². The Morgan fingerprint density at radius 3 is 2.52 bits per heavy atom. The molecule has 1 aromatic heterocycles. The van der Waals surface area contributed by atoms with E-state index in [1.165, 1.54) is 11.8 Å². The molecule has 1 atom stereocenters. The SMILES string of the molecule is Cn1c2c(c3ccccc31)C(=O)C(CN1CCN(c3ccccc3F)CC1)CC2. The zero-order valence-corrected chi connectivity index (χ0v) is 16.8. The van der Waals surface area contributed by atoms with Crippen LogP contribution >= 0.6 is 0 Å². The van der Waals surface area contributed by atoms with Crippen LogP contribution in [0.1, 0.15) is 22.5 Å². The Kier molecular flexibility index (Phi) is 4.63. The van der Waals surface area contributed by atoms with E-state index in [0.29, 0.717) is 11.5 Å². The number of carbonyl (C=O) groups is 1. The van der Waals surface area contributed by atoms with Crippen molar-refractivity contribution in [3.63, 3.8) is 0 Å². The molecular weight excluding hydrogens is 365 g/mol. The average molecular weight is 391 g/mol. The Labute approximate surface area is 170 Å². The number of nitrogens with zero attached hydrogens (tertiary/aromatic N) is 3. The van der Waals surface area contributed by atoms with Crippen molar-refractivity contribution in [2.24, 2.45) is 13.0 Å². The number of halogens is 1. The molecule has 5 heteroatoms. The molecule has 5 rings (SSSR count). The fourth-order valence-corrected chi connectivity index (χ4v) is 5.03. The van der Waals surface area contributed by atoms with Gasteiger partial charge < -0.3 is 9.47 Å². The molecule has 29 heavy (non-hydrogen) atoms. The lowest BCUT2D eigenvalue weighted by Crippen LogP contribution is -2.49. The number of para-hydroxylation sites is 2. The summed E-state index contributed by atoms with van der Waals surface area (Å²) in [5.41, 5.74) is 3.94. The molecule has 1 unspecified atom stereocenters. The first-order chi connectivity index (χ1) is 14.1. The summed E-state index contributed by atoms with van der Waals surface area (Å²) in [6.45, 7) is 4.11. The number of aryl methyl sites for hydroxylation is 1. The maximum absolute atomic E-state index is 14.1. The van der Waals surface area contributed by atoms with Crippen LogP contribution in [0, 0.1) is 11.7 Å². The normalized spacial score (nSPS) is 20.3. The summed E-state index contributed by atoms with van der Waals surface area (Å²) in [7, 11) is 2.07. The third-order valence-corrected chi connectivity index (χ3v) is 6.62. The number of hydrogen-bond donors (Lipinski definition) is 0. The second kappa shape index (κ2) is 7.30. The average Bonchev–Trinajstić information content (AvgIpc) is 3.04. The third-order valence-electron chi connectivity index (χ3n) is 6.62. The molecule has 1 aliphatic carbocycles. The van der Waals surface area contributed by atoms with Gasteiger partial charge in [0.1, 0.15) is 5.82 Å². The topological polar surface area (TPSA) is 28.5 Å². The number of piperazine rings is 1. The van der Waals surface area contributed by atoms with Gasteiger partial charge in [-0.1, -0.05) is 30.3 Å². The van der Waals surface area contributed by atoms with E-state index in [9.17, 15) is 9.18 Å². The number of carbonyl (C=O) groups excluding carboxylic acids is 1. The van der Waals surface area contributed by atoms with Gasteiger partial charge in [-0.05, 0) is 31.0 Å². The van der Waals surface area contributed by atoms with Gasteiger partial charge in [-0.25, -0.2) is 4.39 Å². The van der Waals surface area contributed by atoms with E-state index in [-0.39, 0.29) is 11.7 Å². The summed E-state index contributed by atoms with van der Waals surface area (Å²) >= 11 is 0. The van der Waals surface area contributed by atoms with Gasteiger partial charge in [-0.2, -0.15) is 0 Å². The standard InChI is InChI=1S/C24H26FN3O/c1-26-20-8-4-2-6-18(20)23-22(26)11-10-17(24(23)29)16-27-12-14-28(15-13-27)21-9-5-3-7-19(21)25/h2-9,17H,10-16H2,1H3. The van der Waals surface area contributed by atoms with Crippen molar-refractivity contribution in [2.45, 2.75) is 12.8 Å². The van der Waals surface area contributed by atoms with Gasteiger partial charge in [0.15, 0.2) is 5.78 Å². The lowest BCUT2D eigenvalue weighted by molar-refractivity contribution is 0.0854.